The van der Waals surface area contributed by atoms with Gasteiger partial charge in [0.2, 0.25) is 0 Å². The van der Waals surface area contributed by atoms with Gasteiger partial charge in [-0.1, -0.05) is 30.3 Å². The fourth-order valence-corrected chi connectivity index (χ4v) is 4.93. The number of nitrogens with one attached hydrogen (secondary N) is 3. The maximum atomic E-state index is 13.7. The number of rotatable bonds is 8. The molecule has 1 saturated heterocycles. The van der Waals surface area contributed by atoms with Crippen molar-refractivity contribution in [1.82, 2.24) is 24.2 Å². The van der Waals surface area contributed by atoms with E-state index in [9.17, 15) is 13.1 Å². The van der Waals surface area contributed by atoms with Crippen molar-refractivity contribution in [1.29, 1.82) is 5.41 Å². The van der Waals surface area contributed by atoms with E-state index in [4.69, 9.17) is 5.41 Å². The van der Waals surface area contributed by atoms with Crippen LogP contribution in [0.4, 0.5) is 14.0 Å². The van der Waals surface area contributed by atoms with Crippen LogP contribution in [0.3, 0.4) is 0 Å². The van der Waals surface area contributed by atoms with Crippen molar-refractivity contribution in [2.24, 2.45) is 0 Å². The van der Waals surface area contributed by atoms with Gasteiger partial charge in [0.25, 0.3) is 5.91 Å². The average Bonchev–Trinajstić information content (AvgIpc) is 3.52. The molecule has 2 aromatic carbocycles. The molecular weight excluding hydrogens is 496 g/mol. The largest absolute Gasteiger partial charge is 0.387 e. The molecule has 2 aromatic heterocycles. The first kappa shape index (κ1) is 24.8. The highest BCUT2D eigenvalue weighted by molar-refractivity contribution is 7.92. The summed E-state index contributed by atoms with van der Waals surface area (Å²) in [6, 6.07) is 14.1. The normalized spacial score (nSPS) is 15.7. The van der Waals surface area contributed by atoms with Crippen LogP contribution in [0.5, 0.6) is 0 Å². The molecule has 1 fully saturated rings. The lowest BCUT2D eigenvalue weighted by Crippen LogP contribution is -2.37. The van der Waals surface area contributed by atoms with Gasteiger partial charge >= 0.3 is 0 Å². The molecule has 1 aliphatic heterocycles. The predicted octanol–water partition coefficient (Wildman–Crippen LogP) is 4.41. The molecular formula is C26H25F2N7OS. The van der Waals surface area contributed by atoms with Crippen LogP contribution in [0.1, 0.15) is 33.6 Å². The van der Waals surface area contributed by atoms with Crippen LogP contribution in [-0.2, 0) is 6.54 Å². The molecule has 1 aliphatic rings. The van der Waals surface area contributed by atoms with Crippen molar-refractivity contribution in [3.8, 4) is 0 Å². The van der Waals surface area contributed by atoms with Gasteiger partial charge in [-0.3, -0.25) is 15.1 Å². The van der Waals surface area contributed by atoms with E-state index in [1.807, 2.05) is 18.2 Å². The van der Waals surface area contributed by atoms with Gasteiger partial charge in [0, 0.05) is 50.2 Å². The minimum Gasteiger partial charge on any atom is -0.387 e. The SMILES string of the molecule is CNc1cc(F)ccc1C(=N)c1cnc2c(n1)c(C(=O)N[C@@H]1CCN(Cc3ccccc3)C1)cn2SF. The first-order chi connectivity index (χ1) is 18.0. The zero-order valence-electron chi connectivity index (χ0n) is 20.0. The van der Waals surface area contributed by atoms with Crippen LogP contribution in [0.15, 0.2) is 60.9 Å². The Morgan fingerprint density at radius 3 is 2.78 bits per heavy atom. The van der Waals surface area contributed by atoms with Crippen LogP contribution in [-0.4, -0.2) is 56.6 Å². The van der Waals surface area contributed by atoms with Gasteiger partial charge < -0.3 is 10.6 Å². The number of nitrogens with zero attached hydrogens (tertiary/aromatic N) is 4. The summed E-state index contributed by atoms with van der Waals surface area (Å²) in [5, 5.41) is 14.5. The van der Waals surface area contributed by atoms with Crippen molar-refractivity contribution in [2.75, 3.05) is 25.5 Å². The molecule has 0 bridgehead atoms. The number of fused-ring (bicyclic) bond motifs is 1. The number of anilines is 1. The number of aromatic nitrogens is 3. The third-order valence-electron chi connectivity index (χ3n) is 6.42. The minimum atomic E-state index is -0.437. The van der Waals surface area contributed by atoms with E-state index >= 15 is 0 Å². The highest BCUT2D eigenvalue weighted by atomic mass is 32.2. The number of benzene rings is 2. The topological polar surface area (TPSA) is 98.9 Å². The number of amides is 1. The fraction of sp³-hybridized carbons (Fsp3) is 0.231. The zero-order valence-corrected chi connectivity index (χ0v) is 20.9. The van der Waals surface area contributed by atoms with E-state index < -0.39 is 5.82 Å². The number of hydrogen-bond donors (Lipinski definition) is 3. The molecule has 0 aliphatic carbocycles. The van der Waals surface area contributed by atoms with Crippen molar-refractivity contribution in [2.45, 2.75) is 19.0 Å². The highest BCUT2D eigenvalue weighted by Crippen LogP contribution is 2.26. The first-order valence-electron chi connectivity index (χ1n) is 11.8. The molecule has 5 rings (SSSR count). The van der Waals surface area contributed by atoms with Gasteiger partial charge in [-0.05, 0) is 30.2 Å². The molecule has 37 heavy (non-hydrogen) atoms. The van der Waals surface area contributed by atoms with Crippen LogP contribution in [0.25, 0.3) is 11.2 Å². The van der Waals surface area contributed by atoms with Gasteiger partial charge in [-0.25, -0.2) is 18.3 Å². The van der Waals surface area contributed by atoms with Gasteiger partial charge in [0.1, 0.15) is 17.0 Å². The number of likely N-dealkylation sites (tertiary alicyclic amines) is 1. The Kier molecular flexibility index (Phi) is 7.15. The summed E-state index contributed by atoms with van der Waals surface area (Å²) in [5.41, 5.74) is 2.79. The van der Waals surface area contributed by atoms with Gasteiger partial charge in [0.15, 0.2) is 18.0 Å². The van der Waals surface area contributed by atoms with Gasteiger partial charge in [-0.2, -0.15) is 0 Å². The summed E-state index contributed by atoms with van der Waals surface area (Å²) in [6.45, 7) is 2.37. The van der Waals surface area contributed by atoms with Crippen LogP contribution in [0.2, 0.25) is 0 Å². The average molecular weight is 522 g/mol. The van der Waals surface area contributed by atoms with Crippen molar-refractivity contribution >= 4 is 40.8 Å². The Labute approximate surface area is 217 Å². The molecule has 8 nitrogen and oxygen atoms in total. The van der Waals surface area contributed by atoms with Crippen LogP contribution in [0, 0.1) is 11.2 Å². The lowest BCUT2D eigenvalue weighted by Gasteiger charge is -2.16. The van der Waals surface area contributed by atoms with Gasteiger partial charge in [0.05, 0.1) is 17.5 Å². The molecule has 0 spiro atoms. The van der Waals surface area contributed by atoms with E-state index in [1.54, 1.807) is 7.05 Å². The molecule has 11 heteroatoms. The van der Waals surface area contributed by atoms with Gasteiger partial charge in [-0.15, -0.1) is 3.89 Å². The molecule has 3 heterocycles. The number of halogens is 2. The number of carbonyl (C=O) groups excluding carboxylic acids is 1. The van der Waals surface area contributed by atoms with Crippen LogP contribution >= 0.6 is 12.3 Å². The standard InChI is InChI=1S/C26H25F2N7OS/c1-30-21-11-17(27)7-8-19(21)23(29)22-12-31-25-24(33-22)20(15-35(25)37-28)26(36)32-18-9-10-34(14-18)13-16-5-3-2-4-6-16/h2-8,11-12,15,18,29-30H,9-10,13-14H2,1H3,(H,32,36)/t18-/m1/s1. The summed E-state index contributed by atoms with van der Waals surface area (Å²) in [4.78, 5) is 24.3. The lowest BCUT2D eigenvalue weighted by atomic mass is 10.1. The Bertz CT molecular complexity index is 1460. The van der Waals surface area contributed by atoms with E-state index in [0.717, 1.165) is 23.5 Å². The summed E-state index contributed by atoms with van der Waals surface area (Å²) in [5.74, 6) is -0.812. The summed E-state index contributed by atoms with van der Waals surface area (Å²) < 4.78 is 28.4. The highest BCUT2D eigenvalue weighted by Gasteiger charge is 2.27. The molecule has 3 N–H and O–H groups in total. The Hall–Kier alpha value is -3.83. The fourth-order valence-electron chi connectivity index (χ4n) is 4.58. The second kappa shape index (κ2) is 10.7. The minimum absolute atomic E-state index is 0.00175. The number of hydrogen-bond acceptors (Lipinski definition) is 7. The molecule has 4 aromatic rings. The Morgan fingerprint density at radius 1 is 1.22 bits per heavy atom. The molecule has 0 radical (unpaired) electrons. The molecule has 1 atom stereocenters. The van der Waals surface area contributed by atoms with E-state index in [-0.39, 0.29) is 52.4 Å². The second-order valence-corrected chi connectivity index (χ2v) is 9.39. The van der Waals surface area contributed by atoms with Crippen molar-refractivity contribution in [3.05, 3.63) is 89.1 Å². The third kappa shape index (κ3) is 5.18. The Morgan fingerprint density at radius 2 is 2.03 bits per heavy atom. The van der Waals surface area contributed by atoms with Crippen LogP contribution < -0.4 is 10.6 Å². The third-order valence-corrected chi connectivity index (χ3v) is 6.84. The lowest BCUT2D eigenvalue weighted by molar-refractivity contribution is 0.0939. The molecule has 190 valence electrons. The smallest absolute Gasteiger partial charge is 0.255 e. The van der Waals surface area contributed by atoms with E-state index in [1.165, 1.54) is 36.2 Å². The maximum Gasteiger partial charge on any atom is 0.255 e. The quantitative estimate of drug-likeness (QED) is 0.297. The Balaban J connectivity index is 1.37. The van der Waals surface area contributed by atoms with Crippen molar-refractivity contribution < 1.29 is 13.1 Å². The summed E-state index contributed by atoms with van der Waals surface area (Å²) >= 11 is -0.0802. The predicted molar refractivity (Wildman–Crippen MR) is 141 cm³/mol. The van der Waals surface area contributed by atoms with E-state index in [2.05, 4.69) is 37.6 Å². The number of carbonyl (C=O) groups is 1. The maximum absolute atomic E-state index is 13.7. The zero-order chi connectivity index (χ0) is 25.9. The molecule has 1 amide bonds. The molecule has 0 unspecified atom stereocenters. The molecule has 0 saturated carbocycles. The van der Waals surface area contributed by atoms with E-state index in [0.29, 0.717) is 17.8 Å². The second-order valence-electron chi connectivity index (χ2n) is 8.86. The first-order valence-corrected chi connectivity index (χ1v) is 12.4. The monoisotopic (exact) mass is 521 g/mol. The summed E-state index contributed by atoms with van der Waals surface area (Å²) in [7, 11) is 1.63. The van der Waals surface area contributed by atoms with Crippen molar-refractivity contribution in [3.63, 3.8) is 0 Å². The summed E-state index contributed by atoms with van der Waals surface area (Å²) in [6.07, 6.45) is 3.51.